The largest absolute Gasteiger partial charge is 0.481 e. The first-order chi connectivity index (χ1) is 11.5. The molecule has 24 heavy (non-hydrogen) atoms. The van der Waals surface area contributed by atoms with E-state index < -0.39 is 17.9 Å². The van der Waals surface area contributed by atoms with Crippen LogP contribution < -0.4 is 4.74 Å². The Kier molecular flexibility index (Phi) is 4.99. The lowest BCUT2D eigenvalue weighted by Crippen LogP contribution is -2.45. The normalized spacial score (nSPS) is 22.0. The van der Waals surface area contributed by atoms with Gasteiger partial charge < -0.3 is 19.5 Å². The zero-order chi connectivity index (χ0) is 17.1. The fraction of sp³-hybridized carbons (Fsp3) is 0.529. The predicted octanol–water partition coefficient (Wildman–Crippen LogP) is 1.61. The van der Waals surface area contributed by atoms with Crippen molar-refractivity contribution >= 4 is 11.9 Å². The number of carbonyl (C=O) groups excluding carboxylic acids is 1. The van der Waals surface area contributed by atoms with Crippen LogP contribution >= 0.6 is 0 Å². The lowest BCUT2D eigenvalue weighted by atomic mass is 10.1. The summed E-state index contributed by atoms with van der Waals surface area (Å²) in [6, 6.07) is 4.60. The van der Waals surface area contributed by atoms with Gasteiger partial charge in [0, 0.05) is 31.7 Å². The summed E-state index contributed by atoms with van der Waals surface area (Å²) in [5.74, 6) is -1.66. The molecular weight excluding hydrogens is 317 g/mol. The summed E-state index contributed by atoms with van der Waals surface area (Å²) in [5, 5.41) is 8.90. The van der Waals surface area contributed by atoms with Crippen LogP contribution in [0.2, 0.25) is 0 Å². The number of hydrogen-bond acceptors (Lipinski definition) is 4. The fourth-order valence-electron chi connectivity index (χ4n) is 3.13. The molecule has 2 atom stereocenters. The molecule has 130 valence electrons. The number of carboxylic acids is 1. The molecule has 2 aliphatic rings. The molecule has 2 heterocycles. The number of amides is 1. The van der Waals surface area contributed by atoms with E-state index >= 15 is 0 Å². The topological polar surface area (TPSA) is 76.1 Å². The highest BCUT2D eigenvalue weighted by Gasteiger charge is 2.35. The number of fused-ring (bicyclic) bond motifs is 1. The summed E-state index contributed by atoms with van der Waals surface area (Å²) in [4.78, 5) is 25.1. The third-order valence-corrected chi connectivity index (χ3v) is 4.34. The van der Waals surface area contributed by atoms with E-state index in [2.05, 4.69) is 0 Å². The maximum atomic E-state index is 13.8. The molecule has 0 bridgehead atoms. The van der Waals surface area contributed by atoms with Crippen LogP contribution in [0.15, 0.2) is 18.2 Å². The maximum absolute atomic E-state index is 13.8. The summed E-state index contributed by atoms with van der Waals surface area (Å²) >= 11 is 0. The SMILES string of the molecule is O=C(O)CCN(C[C@@H]1CCCO1)C(=O)[C@H]1Cc2cccc(F)c2O1. The molecule has 0 aromatic heterocycles. The molecule has 7 heteroatoms. The molecule has 1 N–H and O–H groups in total. The van der Waals surface area contributed by atoms with Crippen molar-refractivity contribution in [3.05, 3.63) is 29.6 Å². The Morgan fingerprint density at radius 2 is 2.21 bits per heavy atom. The highest BCUT2D eigenvalue weighted by Crippen LogP contribution is 2.32. The highest BCUT2D eigenvalue weighted by atomic mass is 19.1. The number of carboxylic acid groups (broad SMARTS) is 1. The minimum absolute atomic E-state index is 0.0803. The van der Waals surface area contributed by atoms with Crippen molar-refractivity contribution in [3.63, 3.8) is 0 Å². The molecule has 1 saturated heterocycles. The van der Waals surface area contributed by atoms with Gasteiger partial charge in [0.1, 0.15) is 0 Å². The zero-order valence-electron chi connectivity index (χ0n) is 13.2. The van der Waals surface area contributed by atoms with Crippen molar-refractivity contribution in [2.75, 3.05) is 19.7 Å². The number of aliphatic carboxylic acids is 1. The van der Waals surface area contributed by atoms with E-state index in [1.807, 2.05) is 0 Å². The van der Waals surface area contributed by atoms with Gasteiger partial charge in [-0.25, -0.2) is 4.39 Å². The summed E-state index contributed by atoms with van der Waals surface area (Å²) in [7, 11) is 0. The van der Waals surface area contributed by atoms with E-state index in [9.17, 15) is 14.0 Å². The van der Waals surface area contributed by atoms with Crippen molar-refractivity contribution < 1.29 is 28.6 Å². The van der Waals surface area contributed by atoms with Gasteiger partial charge in [-0.15, -0.1) is 0 Å². The third-order valence-electron chi connectivity index (χ3n) is 4.34. The Morgan fingerprint density at radius 3 is 2.88 bits per heavy atom. The number of rotatable bonds is 6. The van der Waals surface area contributed by atoms with E-state index in [0.717, 1.165) is 12.8 Å². The minimum atomic E-state index is -0.971. The van der Waals surface area contributed by atoms with E-state index in [1.54, 1.807) is 12.1 Å². The van der Waals surface area contributed by atoms with Crippen molar-refractivity contribution in [2.45, 2.75) is 37.9 Å². The monoisotopic (exact) mass is 337 g/mol. The third kappa shape index (κ3) is 3.67. The number of para-hydroxylation sites is 1. The second-order valence-electron chi connectivity index (χ2n) is 6.10. The van der Waals surface area contributed by atoms with Crippen molar-refractivity contribution in [2.24, 2.45) is 0 Å². The van der Waals surface area contributed by atoms with Gasteiger partial charge in [-0.05, 0) is 18.9 Å². The Morgan fingerprint density at radius 1 is 1.38 bits per heavy atom. The van der Waals surface area contributed by atoms with Gasteiger partial charge in [-0.2, -0.15) is 0 Å². The number of halogens is 1. The molecule has 6 nitrogen and oxygen atoms in total. The highest BCUT2D eigenvalue weighted by molar-refractivity contribution is 5.83. The van der Waals surface area contributed by atoms with E-state index in [-0.39, 0.29) is 30.7 Å². The molecule has 2 aliphatic heterocycles. The van der Waals surface area contributed by atoms with Gasteiger partial charge >= 0.3 is 5.97 Å². The first-order valence-electron chi connectivity index (χ1n) is 8.11. The van der Waals surface area contributed by atoms with Crippen LogP contribution in [0.4, 0.5) is 4.39 Å². The molecule has 1 aromatic carbocycles. The molecule has 0 aliphatic carbocycles. The molecule has 0 unspecified atom stereocenters. The Bertz CT molecular complexity index is 629. The van der Waals surface area contributed by atoms with Crippen molar-refractivity contribution in [1.29, 1.82) is 0 Å². The first kappa shape index (κ1) is 16.7. The summed E-state index contributed by atoms with van der Waals surface area (Å²) in [5.41, 5.74) is 0.656. The van der Waals surface area contributed by atoms with Crippen LogP contribution in [-0.2, 0) is 20.7 Å². The van der Waals surface area contributed by atoms with Crippen LogP contribution in [0.5, 0.6) is 5.75 Å². The quantitative estimate of drug-likeness (QED) is 0.853. The average Bonchev–Trinajstić information content (AvgIpc) is 3.20. The maximum Gasteiger partial charge on any atom is 0.305 e. The van der Waals surface area contributed by atoms with Gasteiger partial charge in [-0.1, -0.05) is 12.1 Å². The number of benzene rings is 1. The van der Waals surface area contributed by atoms with Crippen molar-refractivity contribution in [1.82, 2.24) is 4.90 Å². The molecule has 1 fully saturated rings. The van der Waals surface area contributed by atoms with Gasteiger partial charge in [0.2, 0.25) is 0 Å². The molecule has 0 spiro atoms. The Hall–Kier alpha value is -2.15. The van der Waals surface area contributed by atoms with E-state index in [0.29, 0.717) is 25.1 Å². The molecule has 3 rings (SSSR count). The number of ether oxygens (including phenoxy) is 2. The fourth-order valence-corrected chi connectivity index (χ4v) is 3.13. The second kappa shape index (κ2) is 7.17. The summed E-state index contributed by atoms with van der Waals surface area (Å²) < 4.78 is 24.8. The molecule has 0 saturated carbocycles. The van der Waals surface area contributed by atoms with Crippen LogP contribution in [-0.4, -0.2) is 53.8 Å². The number of hydrogen-bond donors (Lipinski definition) is 1. The molecule has 1 amide bonds. The van der Waals surface area contributed by atoms with Gasteiger partial charge in [-0.3, -0.25) is 9.59 Å². The van der Waals surface area contributed by atoms with Crippen LogP contribution in [0.1, 0.15) is 24.8 Å². The zero-order valence-corrected chi connectivity index (χ0v) is 13.2. The molecule has 0 radical (unpaired) electrons. The minimum Gasteiger partial charge on any atom is -0.481 e. The van der Waals surface area contributed by atoms with Crippen LogP contribution in [0.3, 0.4) is 0 Å². The smallest absolute Gasteiger partial charge is 0.305 e. The van der Waals surface area contributed by atoms with E-state index in [1.165, 1.54) is 11.0 Å². The molecular formula is C17H20FNO5. The number of nitrogens with zero attached hydrogens (tertiary/aromatic N) is 1. The average molecular weight is 337 g/mol. The summed E-state index contributed by atoms with van der Waals surface area (Å²) in [6.45, 7) is 1.08. The number of carbonyl (C=O) groups is 2. The van der Waals surface area contributed by atoms with E-state index in [4.69, 9.17) is 14.6 Å². The Labute approximate surface area is 139 Å². The second-order valence-corrected chi connectivity index (χ2v) is 6.10. The lowest BCUT2D eigenvalue weighted by Gasteiger charge is -2.27. The lowest BCUT2D eigenvalue weighted by molar-refractivity contribution is -0.142. The van der Waals surface area contributed by atoms with Crippen LogP contribution in [0.25, 0.3) is 0 Å². The van der Waals surface area contributed by atoms with Gasteiger partial charge in [0.05, 0.1) is 12.5 Å². The first-order valence-corrected chi connectivity index (χ1v) is 8.11. The molecule has 1 aromatic rings. The van der Waals surface area contributed by atoms with Crippen LogP contribution in [0, 0.1) is 5.82 Å². The van der Waals surface area contributed by atoms with Gasteiger partial charge in [0.25, 0.3) is 5.91 Å². The van der Waals surface area contributed by atoms with Crippen molar-refractivity contribution in [3.8, 4) is 5.75 Å². The Balaban J connectivity index is 1.68. The van der Waals surface area contributed by atoms with Gasteiger partial charge in [0.15, 0.2) is 17.7 Å². The summed E-state index contributed by atoms with van der Waals surface area (Å²) in [6.07, 6.45) is 1.03. The predicted molar refractivity (Wildman–Crippen MR) is 82.3 cm³/mol. The standard InChI is InChI=1S/C17H20FNO5/c18-13-5-1-3-11-9-14(24-16(11)13)17(22)19(7-6-15(20)21)10-12-4-2-8-23-12/h1,3,5,12,14H,2,4,6-10H2,(H,20,21)/t12-,14+/m0/s1.